The molecule has 0 unspecified atom stereocenters. The van der Waals surface area contributed by atoms with Gasteiger partial charge in [-0.15, -0.1) is 5.10 Å². The molecule has 1 aromatic heterocycles. The highest BCUT2D eigenvalue weighted by molar-refractivity contribution is 4.94. The van der Waals surface area contributed by atoms with Crippen LogP contribution in [0, 0.1) is 5.92 Å². The van der Waals surface area contributed by atoms with E-state index in [2.05, 4.69) is 15.6 Å². The van der Waals surface area contributed by atoms with Gasteiger partial charge in [-0.25, -0.2) is 4.68 Å². The van der Waals surface area contributed by atoms with Crippen molar-refractivity contribution in [3.63, 3.8) is 0 Å². The van der Waals surface area contributed by atoms with E-state index in [1.54, 1.807) is 11.8 Å². The van der Waals surface area contributed by atoms with Crippen LogP contribution in [0.15, 0.2) is 6.20 Å². The molecule has 3 atom stereocenters. The van der Waals surface area contributed by atoms with Crippen LogP contribution in [0.1, 0.15) is 18.5 Å². The fraction of sp³-hybridized carbons (Fsp3) is 0.846. The Morgan fingerprint density at radius 2 is 2.40 bits per heavy atom. The van der Waals surface area contributed by atoms with Gasteiger partial charge in [-0.2, -0.15) is 0 Å². The van der Waals surface area contributed by atoms with Crippen LogP contribution >= 0.6 is 0 Å². The van der Waals surface area contributed by atoms with Crippen molar-refractivity contribution in [3.05, 3.63) is 11.9 Å². The zero-order chi connectivity index (χ0) is 13.9. The molecule has 0 amide bonds. The quantitative estimate of drug-likeness (QED) is 0.705. The van der Waals surface area contributed by atoms with Crippen molar-refractivity contribution < 1.29 is 14.6 Å². The minimum absolute atomic E-state index is 0.0225. The maximum atomic E-state index is 10.0. The Hall–Kier alpha value is -1.02. The molecule has 2 fully saturated rings. The fourth-order valence-corrected chi connectivity index (χ4v) is 2.56. The summed E-state index contributed by atoms with van der Waals surface area (Å²) in [6, 6.07) is -0.0225. The molecule has 112 valence electrons. The third-order valence-electron chi connectivity index (χ3n) is 3.88. The number of aliphatic hydroxyl groups excluding tert-OH is 1. The predicted molar refractivity (Wildman–Crippen MR) is 71.0 cm³/mol. The molecule has 1 aromatic rings. The molecule has 20 heavy (non-hydrogen) atoms. The minimum Gasteiger partial charge on any atom is -0.389 e. The summed E-state index contributed by atoms with van der Waals surface area (Å²) in [5, 5.41) is 21.5. The molecule has 0 radical (unpaired) electrons. The molecule has 7 heteroatoms. The average Bonchev–Trinajstić information content (AvgIpc) is 3.06. The Kier molecular flexibility index (Phi) is 4.30. The monoisotopic (exact) mass is 282 g/mol. The van der Waals surface area contributed by atoms with Crippen LogP contribution in [0.5, 0.6) is 0 Å². The molecule has 1 saturated carbocycles. The van der Waals surface area contributed by atoms with Crippen molar-refractivity contribution in [2.45, 2.75) is 44.2 Å². The Morgan fingerprint density at radius 1 is 1.55 bits per heavy atom. The van der Waals surface area contributed by atoms with Gasteiger partial charge in [0.2, 0.25) is 0 Å². The van der Waals surface area contributed by atoms with Crippen LogP contribution in [0.3, 0.4) is 0 Å². The van der Waals surface area contributed by atoms with Crippen LogP contribution in [-0.4, -0.2) is 58.6 Å². The summed E-state index contributed by atoms with van der Waals surface area (Å²) in [4.78, 5) is 0. The number of methoxy groups -OCH3 is 1. The van der Waals surface area contributed by atoms with Gasteiger partial charge in [0.25, 0.3) is 0 Å². The molecule has 3 rings (SSSR count). The van der Waals surface area contributed by atoms with Crippen LogP contribution in [-0.2, 0) is 22.6 Å². The molecule has 2 aliphatic rings. The topological polar surface area (TPSA) is 81.4 Å². The van der Waals surface area contributed by atoms with E-state index in [-0.39, 0.29) is 12.1 Å². The number of rotatable bonds is 7. The lowest BCUT2D eigenvalue weighted by molar-refractivity contribution is 0.0741. The molecule has 0 bridgehead atoms. The van der Waals surface area contributed by atoms with Gasteiger partial charge in [0.05, 0.1) is 44.2 Å². The molecule has 2 heterocycles. The second-order valence-electron chi connectivity index (χ2n) is 5.68. The van der Waals surface area contributed by atoms with E-state index in [0.29, 0.717) is 19.8 Å². The Balaban J connectivity index is 1.55. The van der Waals surface area contributed by atoms with Crippen LogP contribution in [0.4, 0.5) is 0 Å². The highest BCUT2D eigenvalue weighted by atomic mass is 16.5. The number of aromatic nitrogens is 3. The van der Waals surface area contributed by atoms with Gasteiger partial charge in [0.1, 0.15) is 5.69 Å². The van der Waals surface area contributed by atoms with E-state index in [1.165, 1.54) is 12.8 Å². The van der Waals surface area contributed by atoms with Gasteiger partial charge in [-0.05, 0) is 25.3 Å². The fourth-order valence-electron chi connectivity index (χ4n) is 2.56. The van der Waals surface area contributed by atoms with E-state index < -0.39 is 6.10 Å². The Labute approximate surface area is 118 Å². The molecule has 1 saturated heterocycles. The van der Waals surface area contributed by atoms with Crippen molar-refractivity contribution in [3.8, 4) is 0 Å². The molecular formula is C13H22N4O3. The first-order valence-electron chi connectivity index (χ1n) is 7.17. The van der Waals surface area contributed by atoms with Crippen molar-refractivity contribution >= 4 is 0 Å². The standard InChI is InChI=1S/C13H22N4O3/c1-19-7-10-5-17(16-15-10)6-12-13(11(18)8-20-12)14-4-9-2-3-9/h5,9,11-14,18H,2-4,6-8H2,1H3/t11-,12+,13+/m0/s1. The first-order chi connectivity index (χ1) is 9.76. The van der Waals surface area contributed by atoms with E-state index in [1.807, 2.05) is 6.20 Å². The molecule has 7 nitrogen and oxygen atoms in total. The number of nitrogens with zero attached hydrogens (tertiary/aromatic N) is 3. The summed E-state index contributed by atoms with van der Waals surface area (Å²) in [5.74, 6) is 0.781. The normalized spacial score (nSPS) is 30.0. The van der Waals surface area contributed by atoms with Crippen LogP contribution in [0.25, 0.3) is 0 Å². The van der Waals surface area contributed by atoms with Crippen LogP contribution in [0.2, 0.25) is 0 Å². The van der Waals surface area contributed by atoms with Crippen molar-refractivity contribution in [2.24, 2.45) is 5.92 Å². The molecule has 1 aliphatic heterocycles. The first-order valence-corrected chi connectivity index (χ1v) is 7.17. The summed E-state index contributed by atoms with van der Waals surface area (Å²) in [5.41, 5.74) is 0.800. The van der Waals surface area contributed by atoms with Gasteiger partial charge in [0.15, 0.2) is 0 Å². The zero-order valence-corrected chi connectivity index (χ0v) is 11.7. The number of hydrogen-bond acceptors (Lipinski definition) is 6. The molecule has 0 spiro atoms. The summed E-state index contributed by atoms with van der Waals surface area (Å²) >= 11 is 0. The van der Waals surface area contributed by atoms with Gasteiger partial charge in [0, 0.05) is 7.11 Å². The second-order valence-corrected chi connectivity index (χ2v) is 5.68. The highest BCUT2D eigenvalue weighted by Crippen LogP contribution is 2.28. The van der Waals surface area contributed by atoms with Gasteiger partial charge in [-0.3, -0.25) is 0 Å². The molecule has 1 aliphatic carbocycles. The SMILES string of the molecule is COCc1cn(C[C@H]2OC[C@H](O)[C@H]2NCC2CC2)nn1. The predicted octanol–water partition coefficient (Wildman–Crippen LogP) is -0.448. The smallest absolute Gasteiger partial charge is 0.108 e. The number of hydrogen-bond donors (Lipinski definition) is 2. The van der Waals surface area contributed by atoms with E-state index in [9.17, 15) is 5.11 Å². The van der Waals surface area contributed by atoms with Crippen LogP contribution < -0.4 is 5.32 Å². The second kappa shape index (κ2) is 6.17. The third kappa shape index (κ3) is 3.35. The zero-order valence-electron chi connectivity index (χ0n) is 11.7. The summed E-state index contributed by atoms with van der Waals surface area (Å²) in [6.45, 7) is 2.40. The maximum Gasteiger partial charge on any atom is 0.108 e. The van der Waals surface area contributed by atoms with Crippen molar-refractivity contribution in [1.29, 1.82) is 0 Å². The summed E-state index contributed by atoms with van der Waals surface area (Å²) in [6.07, 6.45) is 3.94. The Bertz CT molecular complexity index is 435. The average molecular weight is 282 g/mol. The number of ether oxygens (including phenoxy) is 2. The van der Waals surface area contributed by atoms with Gasteiger partial charge >= 0.3 is 0 Å². The minimum atomic E-state index is -0.444. The lowest BCUT2D eigenvalue weighted by atomic mass is 10.1. The third-order valence-corrected chi connectivity index (χ3v) is 3.88. The number of aliphatic hydroxyl groups is 1. The molecule has 2 N–H and O–H groups in total. The van der Waals surface area contributed by atoms with E-state index in [0.717, 1.165) is 18.2 Å². The lowest BCUT2D eigenvalue weighted by Gasteiger charge is -2.21. The first kappa shape index (κ1) is 13.9. The summed E-state index contributed by atoms with van der Waals surface area (Å²) < 4.78 is 12.4. The maximum absolute atomic E-state index is 10.0. The van der Waals surface area contributed by atoms with Crippen molar-refractivity contribution in [1.82, 2.24) is 20.3 Å². The van der Waals surface area contributed by atoms with E-state index >= 15 is 0 Å². The van der Waals surface area contributed by atoms with Gasteiger partial charge < -0.3 is 19.9 Å². The highest BCUT2D eigenvalue weighted by Gasteiger charge is 2.37. The molecule has 0 aromatic carbocycles. The van der Waals surface area contributed by atoms with E-state index in [4.69, 9.17) is 9.47 Å². The summed E-state index contributed by atoms with van der Waals surface area (Å²) in [7, 11) is 1.63. The number of nitrogens with one attached hydrogen (secondary N) is 1. The Morgan fingerprint density at radius 3 is 3.15 bits per heavy atom. The molecular weight excluding hydrogens is 260 g/mol. The largest absolute Gasteiger partial charge is 0.389 e. The van der Waals surface area contributed by atoms with Crippen molar-refractivity contribution in [2.75, 3.05) is 20.3 Å². The van der Waals surface area contributed by atoms with Gasteiger partial charge in [-0.1, -0.05) is 5.21 Å². The lowest BCUT2D eigenvalue weighted by Crippen LogP contribution is -2.46.